The van der Waals surface area contributed by atoms with Gasteiger partial charge in [0.15, 0.2) is 0 Å². The van der Waals surface area contributed by atoms with Crippen LogP contribution < -0.4 is 11.1 Å². The number of amides is 1. The smallest absolute Gasteiger partial charge is 0.272 e. The Morgan fingerprint density at radius 1 is 1.42 bits per heavy atom. The Balaban J connectivity index is 2.35. The molecule has 0 atom stereocenters. The topological polar surface area (TPSA) is 98.3 Å². The van der Waals surface area contributed by atoms with Crippen LogP contribution in [0.2, 0.25) is 0 Å². The molecular weight excluding hydrogens is 246 g/mol. The SMILES string of the molecule is Cc1ccc(CNCCCCC(N)=O)cc1[N+](=O)[O-]. The van der Waals surface area contributed by atoms with Crippen LogP contribution in [-0.2, 0) is 11.3 Å². The summed E-state index contributed by atoms with van der Waals surface area (Å²) in [6.45, 7) is 3.06. The molecule has 6 heteroatoms. The highest BCUT2D eigenvalue weighted by Crippen LogP contribution is 2.18. The van der Waals surface area contributed by atoms with Gasteiger partial charge in [-0.15, -0.1) is 0 Å². The zero-order valence-electron chi connectivity index (χ0n) is 11.0. The van der Waals surface area contributed by atoms with Crippen molar-refractivity contribution in [3.05, 3.63) is 39.4 Å². The number of nitrogens with one attached hydrogen (secondary N) is 1. The van der Waals surface area contributed by atoms with Gasteiger partial charge in [-0.3, -0.25) is 14.9 Å². The van der Waals surface area contributed by atoms with E-state index < -0.39 is 0 Å². The summed E-state index contributed by atoms with van der Waals surface area (Å²) in [6.07, 6.45) is 2.02. The number of unbranched alkanes of at least 4 members (excludes halogenated alkanes) is 1. The van der Waals surface area contributed by atoms with Crippen molar-refractivity contribution in [2.45, 2.75) is 32.7 Å². The number of carbonyl (C=O) groups is 1. The van der Waals surface area contributed by atoms with E-state index in [1.165, 1.54) is 0 Å². The van der Waals surface area contributed by atoms with Gasteiger partial charge in [-0.25, -0.2) is 0 Å². The summed E-state index contributed by atoms with van der Waals surface area (Å²) in [6, 6.07) is 5.21. The molecule has 0 unspecified atom stereocenters. The van der Waals surface area contributed by atoms with Gasteiger partial charge in [0, 0.05) is 24.6 Å². The minimum Gasteiger partial charge on any atom is -0.370 e. The average Bonchev–Trinajstić information content (AvgIpc) is 2.34. The number of hydrogen-bond acceptors (Lipinski definition) is 4. The first-order chi connectivity index (χ1) is 9.00. The lowest BCUT2D eigenvalue weighted by atomic mass is 10.1. The van der Waals surface area contributed by atoms with Crippen molar-refractivity contribution in [1.29, 1.82) is 0 Å². The Labute approximate surface area is 112 Å². The molecule has 0 saturated carbocycles. The molecule has 1 aromatic rings. The standard InChI is InChI=1S/C13H19N3O3/c1-10-5-6-11(8-12(10)16(18)19)9-15-7-3-2-4-13(14)17/h5-6,8,15H,2-4,7,9H2,1H3,(H2,14,17). The number of nitrogens with zero attached hydrogens (tertiary/aromatic N) is 1. The minimum atomic E-state index is -0.369. The lowest BCUT2D eigenvalue weighted by molar-refractivity contribution is -0.385. The molecule has 0 radical (unpaired) electrons. The molecule has 0 aliphatic heterocycles. The van der Waals surface area contributed by atoms with Crippen molar-refractivity contribution in [2.24, 2.45) is 5.73 Å². The number of nitrogens with two attached hydrogens (primary N) is 1. The third kappa shape index (κ3) is 5.48. The molecule has 1 aromatic carbocycles. The zero-order valence-corrected chi connectivity index (χ0v) is 11.0. The Morgan fingerprint density at radius 3 is 2.79 bits per heavy atom. The van der Waals surface area contributed by atoms with Crippen LogP contribution in [0.4, 0.5) is 5.69 Å². The van der Waals surface area contributed by atoms with E-state index in [0.29, 0.717) is 18.5 Å². The second-order valence-electron chi connectivity index (χ2n) is 4.48. The summed E-state index contributed by atoms with van der Waals surface area (Å²) in [5, 5.41) is 14.0. The molecule has 0 aliphatic rings. The molecule has 0 fully saturated rings. The van der Waals surface area contributed by atoms with Crippen LogP contribution in [-0.4, -0.2) is 17.4 Å². The van der Waals surface area contributed by atoms with E-state index in [1.807, 2.05) is 6.07 Å². The highest BCUT2D eigenvalue weighted by Gasteiger charge is 2.10. The fourth-order valence-electron chi connectivity index (χ4n) is 1.74. The zero-order chi connectivity index (χ0) is 14.3. The number of hydrogen-bond donors (Lipinski definition) is 2. The number of aryl methyl sites for hydroxylation is 1. The minimum absolute atomic E-state index is 0.146. The van der Waals surface area contributed by atoms with Crippen LogP contribution in [0.15, 0.2) is 18.2 Å². The lowest BCUT2D eigenvalue weighted by Crippen LogP contribution is -2.16. The van der Waals surface area contributed by atoms with Crippen molar-refractivity contribution in [2.75, 3.05) is 6.54 Å². The quantitative estimate of drug-likeness (QED) is 0.424. The Hall–Kier alpha value is -1.95. The summed E-state index contributed by atoms with van der Waals surface area (Å²) >= 11 is 0. The van der Waals surface area contributed by atoms with Gasteiger partial charge in [0.1, 0.15) is 0 Å². The molecule has 0 heterocycles. The molecular formula is C13H19N3O3. The number of carbonyl (C=O) groups excluding carboxylic acids is 1. The summed E-state index contributed by atoms with van der Waals surface area (Å²) < 4.78 is 0. The molecule has 3 N–H and O–H groups in total. The Kier molecular flexibility index (Phi) is 5.95. The van der Waals surface area contributed by atoms with Gasteiger partial charge in [0.25, 0.3) is 5.69 Å². The van der Waals surface area contributed by atoms with Crippen LogP contribution in [0.3, 0.4) is 0 Å². The number of benzene rings is 1. The Morgan fingerprint density at radius 2 is 2.16 bits per heavy atom. The van der Waals surface area contributed by atoms with Crippen LogP contribution in [0.1, 0.15) is 30.4 Å². The first-order valence-electron chi connectivity index (χ1n) is 6.23. The molecule has 104 valence electrons. The largest absolute Gasteiger partial charge is 0.370 e. The lowest BCUT2D eigenvalue weighted by Gasteiger charge is -2.05. The van der Waals surface area contributed by atoms with Gasteiger partial charge >= 0.3 is 0 Å². The van der Waals surface area contributed by atoms with E-state index in [9.17, 15) is 14.9 Å². The molecule has 0 spiro atoms. The number of rotatable bonds is 8. The monoisotopic (exact) mass is 265 g/mol. The van der Waals surface area contributed by atoms with Crippen molar-refractivity contribution in [3.63, 3.8) is 0 Å². The Bertz CT molecular complexity index is 460. The summed E-state index contributed by atoms with van der Waals surface area (Å²) in [7, 11) is 0. The molecule has 6 nitrogen and oxygen atoms in total. The number of primary amides is 1. The van der Waals surface area contributed by atoms with Crippen LogP contribution in [0.25, 0.3) is 0 Å². The van der Waals surface area contributed by atoms with Gasteiger partial charge in [-0.2, -0.15) is 0 Å². The van der Waals surface area contributed by atoms with Crippen molar-refractivity contribution in [1.82, 2.24) is 5.32 Å². The van der Waals surface area contributed by atoms with Gasteiger partial charge in [0.2, 0.25) is 5.91 Å². The summed E-state index contributed by atoms with van der Waals surface area (Å²) in [5.74, 6) is -0.283. The van der Waals surface area contributed by atoms with E-state index in [1.54, 1.807) is 19.1 Å². The van der Waals surface area contributed by atoms with Crippen LogP contribution >= 0.6 is 0 Å². The molecule has 0 saturated heterocycles. The maximum Gasteiger partial charge on any atom is 0.272 e. The van der Waals surface area contributed by atoms with E-state index in [0.717, 1.165) is 24.9 Å². The fraction of sp³-hybridized carbons (Fsp3) is 0.462. The van der Waals surface area contributed by atoms with Gasteiger partial charge in [-0.1, -0.05) is 12.1 Å². The summed E-state index contributed by atoms with van der Waals surface area (Å²) in [4.78, 5) is 20.9. The highest BCUT2D eigenvalue weighted by molar-refractivity contribution is 5.73. The van der Waals surface area contributed by atoms with E-state index in [-0.39, 0.29) is 16.5 Å². The maximum atomic E-state index is 10.8. The third-order valence-corrected chi connectivity index (χ3v) is 2.83. The van der Waals surface area contributed by atoms with Crippen molar-refractivity contribution < 1.29 is 9.72 Å². The van der Waals surface area contributed by atoms with E-state index in [2.05, 4.69) is 5.32 Å². The van der Waals surface area contributed by atoms with Crippen molar-refractivity contribution >= 4 is 11.6 Å². The van der Waals surface area contributed by atoms with Gasteiger partial charge in [-0.05, 0) is 31.9 Å². The molecule has 0 aliphatic carbocycles. The van der Waals surface area contributed by atoms with Crippen LogP contribution in [0.5, 0.6) is 0 Å². The maximum absolute atomic E-state index is 10.8. The van der Waals surface area contributed by atoms with Gasteiger partial charge < -0.3 is 11.1 Å². The molecule has 1 amide bonds. The molecule has 0 bridgehead atoms. The average molecular weight is 265 g/mol. The predicted molar refractivity (Wildman–Crippen MR) is 72.6 cm³/mol. The first kappa shape index (κ1) is 15.1. The van der Waals surface area contributed by atoms with E-state index >= 15 is 0 Å². The first-order valence-corrected chi connectivity index (χ1v) is 6.23. The second kappa shape index (κ2) is 7.48. The normalized spacial score (nSPS) is 10.4. The van der Waals surface area contributed by atoms with Crippen LogP contribution in [0, 0.1) is 17.0 Å². The fourth-order valence-corrected chi connectivity index (χ4v) is 1.74. The highest BCUT2D eigenvalue weighted by atomic mass is 16.6. The molecule has 0 aromatic heterocycles. The van der Waals surface area contributed by atoms with Gasteiger partial charge in [0.05, 0.1) is 4.92 Å². The molecule has 1 rings (SSSR count). The third-order valence-electron chi connectivity index (χ3n) is 2.83. The van der Waals surface area contributed by atoms with Crippen molar-refractivity contribution in [3.8, 4) is 0 Å². The second-order valence-corrected chi connectivity index (χ2v) is 4.48. The predicted octanol–water partition coefficient (Wildman–Crippen LogP) is 1.65. The summed E-state index contributed by atoms with van der Waals surface area (Å²) in [5.41, 5.74) is 6.72. The number of nitro groups is 1. The molecule has 19 heavy (non-hydrogen) atoms. The number of nitro benzene ring substituents is 1. The van der Waals surface area contributed by atoms with E-state index in [4.69, 9.17) is 5.73 Å².